The third kappa shape index (κ3) is 2.62. The van der Waals surface area contributed by atoms with Crippen molar-refractivity contribution in [3.8, 4) is 0 Å². The van der Waals surface area contributed by atoms with Crippen molar-refractivity contribution in [3.05, 3.63) is 43.0 Å². The average Bonchev–Trinajstić information content (AvgIpc) is 3.10. The second kappa shape index (κ2) is 5.74. The lowest BCUT2D eigenvalue weighted by atomic mass is 9.88. The van der Waals surface area contributed by atoms with Crippen molar-refractivity contribution >= 4 is 16.0 Å². The van der Waals surface area contributed by atoms with Crippen LogP contribution in [0.1, 0.15) is 12.8 Å². The summed E-state index contributed by atoms with van der Waals surface area (Å²) < 4.78 is 27.8. The number of aliphatic carboxylic acids is 1. The summed E-state index contributed by atoms with van der Waals surface area (Å²) in [7, 11) is -3.66. The van der Waals surface area contributed by atoms with E-state index in [-0.39, 0.29) is 30.8 Å². The maximum absolute atomic E-state index is 12.6. The minimum Gasteiger partial charge on any atom is -0.479 e. The highest BCUT2D eigenvalue weighted by atomic mass is 32.2. The van der Waals surface area contributed by atoms with Crippen molar-refractivity contribution in [2.45, 2.75) is 23.3 Å². The summed E-state index contributed by atoms with van der Waals surface area (Å²) in [6, 6.07) is 4.69. The topological polar surface area (TPSA) is 105 Å². The van der Waals surface area contributed by atoms with E-state index >= 15 is 0 Å². The van der Waals surface area contributed by atoms with Crippen LogP contribution >= 0.6 is 0 Å². The molecule has 0 aliphatic carbocycles. The molecule has 2 aromatic heterocycles. The van der Waals surface area contributed by atoms with Gasteiger partial charge >= 0.3 is 5.97 Å². The number of rotatable bonds is 4. The molecular weight excluding hydrogens is 320 g/mol. The van der Waals surface area contributed by atoms with Gasteiger partial charge in [-0.05, 0) is 31.0 Å². The van der Waals surface area contributed by atoms with Gasteiger partial charge in [-0.2, -0.15) is 9.40 Å². The van der Waals surface area contributed by atoms with Gasteiger partial charge in [-0.3, -0.25) is 9.67 Å². The molecule has 0 unspecified atom stereocenters. The zero-order chi connectivity index (χ0) is 16.5. The number of carbonyl (C=O) groups is 1. The van der Waals surface area contributed by atoms with Gasteiger partial charge in [0.25, 0.3) is 0 Å². The molecule has 1 aliphatic heterocycles. The summed E-state index contributed by atoms with van der Waals surface area (Å²) in [5.41, 5.74) is -1.20. The largest absolute Gasteiger partial charge is 0.479 e. The molecule has 2 aromatic rings. The lowest BCUT2D eigenvalue weighted by molar-refractivity contribution is -0.150. The lowest BCUT2D eigenvalue weighted by Gasteiger charge is -2.38. The van der Waals surface area contributed by atoms with E-state index in [9.17, 15) is 18.3 Å². The molecule has 0 atom stereocenters. The number of pyridine rings is 1. The van der Waals surface area contributed by atoms with Crippen LogP contribution in [0.3, 0.4) is 0 Å². The van der Waals surface area contributed by atoms with Gasteiger partial charge in [0.05, 0.1) is 0 Å². The first-order valence-electron chi connectivity index (χ1n) is 7.10. The Labute approximate surface area is 133 Å². The summed E-state index contributed by atoms with van der Waals surface area (Å²) in [4.78, 5) is 15.7. The molecule has 8 nitrogen and oxygen atoms in total. The second-order valence-corrected chi connectivity index (χ2v) is 7.32. The molecule has 9 heteroatoms. The van der Waals surface area contributed by atoms with Crippen LogP contribution in [0.15, 0.2) is 47.9 Å². The summed E-state index contributed by atoms with van der Waals surface area (Å²) in [5.74, 6) is -1.00. The maximum atomic E-state index is 12.6. The summed E-state index contributed by atoms with van der Waals surface area (Å²) in [6.07, 6.45) is 6.22. The molecule has 0 aromatic carbocycles. The predicted molar refractivity (Wildman–Crippen MR) is 80.1 cm³/mol. The van der Waals surface area contributed by atoms with Crippen molar-refractivity contribution in [2.24, 2.45) is 0 Å². The van der Waals surface area contributed by atoms with Crippen molar-refractivity contribution in [1.29, 1.82) is 0 Å². The zero-order valence-corrected chi connectivity index (χ0v) is 13.1. The first-order valence-corrected chi connectivity index (χ1v) is 8.54. The van der Waals surface area contributed by atoms with Crippen LogP contribution < -0.4 is 0 Å². The Morgan fingerprint density at radius 3 is 2.48 bits per heavy atom. The zero-order valence-electron chi connectivity index (χ0n) is 12.2. The number of aromatic nitrogens is 3. The smallest absolute Gasteiger partial charge is 0.331 e. The summed E-state index contributed by atoms with van der Waals surface area (Å²) >= 11 is 0. The number of nitrogens with zero attached hydrogens (tertiary/aromatic N) is 4. The lowest BCUT2D eigenvalue weighted by Crippen LogP contribution is -2.52. The van der Waals surface area contributed by atoms with Crippen LogP contribution in [0.4, 0.5) is 0 Å². The third-order valence-corrected chi connectivity index (χ3v) is 6.04. The minimum atomic E-state index is -3.66. The van der Waals surface area contributed by atoms with E-state index in [0.717, 1.165) is 0 Å². The fraction of sp³-hybridized carbons (Fsp3) is 0.357. The number of sulfonamides is 1. The van der Waals surface area contributed by atoms with Crippen molar-refractivity contribution < 1.29 is 18.3 Å². The molecule has 0 saturated carbocycles. The van der Waals surface area contributed by atoms with Gasteiger partial charge in [-0.15, -0.1) is 0 Å². The van der Waals surface area contributed by atoms with Gasteiger partial charge < -0.3 is 5.11 Å². The minimum absolute atomic E-state index is 0.113. The molecule has 122 valence electrons. The van der Waals surface area contributed by atoms with E-state index in [1.54, 1.807) is 18.3 Å². The molecule has 0 radical (unpaired) electrons. The molecule has 1 aliphatic rings. The highest BCUT2D eigenvalue weighted by Gasteiger charge is 2.46. The number of carboxylic acids is 1. The van der Waals surface area contributed by atoms with Crippen LogP contribution in [0.25, 0.3) is 0 Å². The SMILES string of the molecule is O=C(O)C1(n2cccn2)CCN(S(=O)(=O)c2cccnc2)CC1. The number of piperidine rings is 1. The van der Waals surface area contributed by atoms with E-state index in [0.29, 0.717) is 0 Å². The van der Waals surface area contributed by atoms with Gasteiger partial charge in [0.1, 0.15) is 4.90 Å². The molecule has 23 heavy (non-hydrogen) atoms. The monoisotopic (exact) mass is 336 g/mol. The normalized spacial score (nSPS) is 18.6. The highest BCUT2D eigenvalue weighted by molar-refractivity contribution is 7.89. The van der Waals surface area contributed by atoms with Crippen LogP contribution in [-0.2, 0) is 20.4 Å². The molecule has 1 saturated heterocycles. The van der Waals surface area contributed by atoms with Crippen molar-refractivity contribution in [3.63, 3.8) is 0 Å². The molecule has 3 heterocycles. The Morgan fingerprint density at radius 1 is 1.22 bits per heavy atom. The van der Waals surface area contributed by atoms with E-state index in [2.05, 4.69) is 10.1 Å². The molecule has 0 amide bonds. The quantitative estimate of drug-likeness (QED) is 0.874. The molecule has 3 rings (SSSR count). The molecule has 1 N–H and O–H groups in total. The standard InChI is InChI=1S/C14H16N4O4S/c19-13(20)14(18-8-2-7-16-18)4-9-17(10-5-14)23(21,22)12-3-1-6-15-11-12/h1-3,6-8,11H,4-5,9-10H2,(H,19,20). The Hall–Kier alpha value is -2.26. The maximum Gasteiger partial charge on any atom is 0.331 e. The Bertz CT molecular complexity index is 781. The first-order chi connectivity index (χ1) is 11.0. The number of carboxylic acid groups (broad SMARTS) is 1. The average molecular weight is 336 g/mol. The Morgan fingerprint density at radius 2 is 1.96 bits per heavy atom. The van der Waals surface area contributed by atoms with Crippen molar-refractivity contribution in [1.82, 2.24) is 19.1 Å². The first kappa shape index (κ1) is 15.6. The molecular formula is C14H16N4O4S. The molecule has 1 fully saturated rings. The van der Waals surface area contributed by atoms with Gasteiger partial charge in [-0.25, -0.2) is 13.2 Å². The highest BCUT2D eigenvalue weighted by Crippen LogP contribution is 2.32. The molecule has 0 spiro atoms. The summed E-state index contributed by atoms with van der Waals surface area (Å²) in [6.45, 7) is 0.229. The van der Waals surface area contributed by atoms with Gasteiger partial charge in [0.2, 0.25) is 10.0 Å². The van der Waals surface area contributed by atoms with Gasteiger partial charge in [0.15, 0.2) is 5.54 Å². The third-order valence-electron chi connectivity index (χ3n) is 4.16. The van der Waals surface area contributed by atoms with Gasteiger partial charge in [0, 0.05) is 37.9 Å². The van der Waals surface area contributed by atoms with Crippen LogP contribution in [0, 0.1) is 0 Å². The number of hydrogen-bond acceptors (Lipinski definition) is 5. The second-order valence-electron chi connectivity index (χ2n) is 5.38. The molecule has 0 bridgehead atoms. The predicted octanol–water partition coefficient (Wildman–Crippen LogP) is 0.543. The Kier molecular flexibility index (Phi) is 3.90. The van der Waals surface area contributed by atoms with Crippen molar-refractivity contribution in [2.75, 3.05) is 13.1 Å². The van der Waals surface area contributed by atoms with Gasteiger partial charge in [-0.1, -0.05) is 0 Å². The fourth-order valence-electron chi connectivity index (χ4n) is 2.81. The van der Waals surface area contributed by atoms with Crippen LogP contribution in [0.2, 0.25) is 0 Å². The fourth-order valence-corrected chi connectivity index (χ4v) is 4.21. The Balaban J connectivity index is 1.84. The van der Waals surface area contributed by atoms with E-state index in [1.807, 2.05) is 0 Å². The van der Waals surface area contributed by atoms with Crippen LogP contribution in [0.5, 0.6) is 0 Å². The van der Waals surface area contributed by atoms with E-state index in [4.69, 9.17) is 0 Å². The number of hydrogen-bond donors (Lipinski definition) is 1. The van der Waals surface area contributed by atoms with Crippen LogP contribution in [-0.4, -0.2) is 51.7 Å². The van der Waals surface area contributed by atoms with E-state index in [1.165, 1.54) is 33.6 Å². The van der Waals surface area contributed by atoms with E-state index < -0.39 is 21.5 Å². The summed E-state index contributed by atoms with van der Waals surface area (Å²) in [5, 5.41) is 13.7.